The van der Waals surface area contributed by atoms with Crippen molar-refractivity contribution in [1.29, 1.82) is 0 Å². The quantitative estimate of drug-likeness (QED) is 0.560. The molecule has 0 aliphatic rings. The topological polar surface area (TPSA) is 75.9 Å². The Kier molecular flexibility index (Phi) is 5.11. The molecule has 0 amide bonds. The summed E-state index contributed by atoms with van der Waals surface area (Å²) in [6.45, 7) is 6.28. The first kappa shape index (κ1) is 15.3. The predicted molar refractivity (Wildman–Crippen MR) is 87.0 cm³/mol. The van der Waals surface area contributed by atoms with E-state index in [9.17, 15) is 0 Å². The Labute approximate surface area is 126 Å². The highest BCUT2D eigenvalue weighted by Gasteiger charge is 2.12. The SMILES string of the molecule is CCC(Nc1cc(NN)nc(C(C)C)n1)c1ccccc1. The normalized spacial score (nSPS) is 12.2. The fraction of sp³-hybridized carbons (Fsp3) is 0.375. The van der Waals surface area contributed by atoms with Crippen molar-refractivity contribution >= 4 is 11.6 Å². The second-order valence-corrected chi connectivity index (χ2v) is 5.31. The Bertz CT molecular complexity index is 568. The van der Waals surface area contributed by atoms with Crippen LogP contribution < -0.4 is 16.6 Å². The summed E-state index contributed by atoms with van der Waals surface area (Å²) < 4.78 is 0. The molecule has 21 heavy (non-hydrogen) atoms. The predicted octanol–water partition coefficient (Wildman–Crippen LogP) is 3.45. The van der Waals surface area contributed by atoms with Crippen molar-refractivity contribution in [3.63, 3.8) is 0 Å². The number of aromatic nitrogens is 2. The number of hydrogen-bond donors (Lipinski definition) is 3. The molecule has 0 spiro atoms. The van der Waals surface area contributed by atoms with Crippen LogP contribution in [0.4, 0.5) is 11.6 Å². The van der Waals surface area contributed by atoms with Crippen LogP contribution in [0.25, 0.3) is 0 Å². The van der Waals surface area contributed by atoms with Crippen molar-refractivity contribution in [1.82, 2.24) is 9.97 Å². The zero-order chi connectivity index (χ0) is 15.2. The molecule has 0 saturated heterocycles. The van der Waals surface area contributed by atoms with Gasteiger partial charge in [-0.1, -0.05) is 51.1 Å². The van der Waals surface area contributed by atoms with Crippen LogP contribution in [0.15, 0.2) is 36.4 Å². The van der Waals surface area contributed by atoms with Gasteiger partial charge in [0.1, 0.15) is 17.5 Å². The third kappa shape index (κ3) is 3.92. The molecule has 2 rings (SSSR count). The minimum atomic E-state index is 0.215. The van der Waals surface area contributed by atoms with E-state index in [0.29, 0.717) is 5.82 Å². The highest BCUT2D eigenvalue weighted by Crippen LogP contribution is 2.23. The summed E-state index contributed by atoms with van der Waals surface area (Å²) in [5.74, 6) is 7.93. The van der Waals surface area contributed by atoms with Crippen molar-refractivity contribution in [3.8, 4) is 0 Å². The number of benzene rings is 1. The largest absolute Gasteiger partial charge is 0.363 e. The van der Waals surface area contributed by atoms with Gasteiger partial charge in [-0.15, -0.1) is 0 Å². The zero-order valence-corrected chi connectivity index (χ0v) is 12.8. The van der Waals surface area contributed by atoms with Crippen LogP contribution >= 0.6 is 0 Å². The fourth-order valence-corrected chi connectivity index (χ4v) is 2.16. The number of nitrogen functional groups attached to an aromatic ring is 1. The molecule has 1 aromatic carbocycles. The Hall–Kier alpha value is -2.14. The molecule has 0 aliphatic carbocycles. The van der Waals surface area contributed by atoms with Gasteiger partial charge in [-0.3, -0.25) is 0 Å². The van der Waals surface area contributed by atoms with Crippen LogP contribution in [0.2, 0.25) is 0 Å². The lowest BCUT2D eigenvalue weighted by Crippen LogP contribution is -2.15. The molecule has 0 bridgehead atoms. The van der Waals surface area contributed by atoms with Gasteiger partial charge >= 0.3 is 0 Å². The first-order chi connectivity index (χ1) is 10.1. The number of hydrogen-bond acceptors (Lipinski definition) is 5. The molecule has 0 saturated carbocycles. The van der Waals surface area contributed by atoms with E-state index in [4.69, 9.17) is 5.84 Å². The van der Waals surface area contributed by atoms with Gasteiger partial charge < -0.3 is 10.7 Å². The molecule has 1 atom stereocenters. The van der Waals surface area contributed by atoms with Crippen molar-refractivity contribution in [2.75, 3.05) is 10.7 Å². The van der Waals surface area contributed by atoms with Crippen molar-refractivity contribution < 1.29 is 0 Å². The summed E-state index contributed by atoms with van der Waals surface area (Å²) in [6, 6.07) is 12.4. The molecule has 112 valence electrons. The summed E-state index contributed by atoms with van der Waals surface area (Å²) in [6.07, 6.45) is 0.969. The Morgan fingerprint density at radius 1 is 1.10 bits per heavy atom. The number of nitrogens with one attached hydrogen (secondary N) is 2. The molecular formula is C16H23N5. The molecular weight excluding hydrogens is 262 g/mol. The van der Waals surface area contributed by atoms with Gasteiger partial charge in [-0.05, 0) is 12.0 Å². The second-order valence-electron chi connectivity index (χ2n) is 5.31. The van der Waals surface area contributed by atoms with E-state index in [-0.39, 0.29) is 12.0 Å². The van der Waals surface area contributed by atoms with Gasteiger partial charge in [-0.2, -0.15) is 0 Å². The monoisotopic (exact) mass is 285 g/mol. The van der Waals surface area contributed by atoms with Gasteiger partial charge in [-0.25, -0.2) is 15.8 Å². The molecule has 0 radical (unpaired) electrons. The van der Waals surface area contributed by atoms with Crippen LogP contribution in [0.3, 0.4) is 0 Å². The summed E-state index contributed by atoms with van der Waals surface area (Å²) in [5, 5.41) is 3.47. The van der Waals surface area contributed by atoms with Gasteiger partial charge in [0.2, 0.25) is 0 Å². The molecule has 2 aromatic rings. The molecule has 1 unspecified atom stereocenters. The molecule has 1 heterocycles. The zero-order valence-electron chi connectivity index (χ0n) is 12.8. The highest BCUT2D eigenvalue weighted by atomic mass is 15.3. The minimum absolute atomic E-state index is 0.215. The Balaban J connectivity index is 2.27. The van der Waals surface area contributed by atoms with Gasteiger partial charge in [0, 0.05) is 12.0 Å². The summed E-state index contributed by atoms with van der Waals surface area (Å²) in [4.78, 5) is 8.95. The highest BCUT2D eigenvalue weighted by molar-refractivity contribution is 5.48. The Morgan fingerprint density at radius 3 is 2.33 bits per heavy atom. The minimum Gasteiger partial charge on any atom is -0.363 e. The van der Waals surface area contributed by atoms with Crippen LogP contribution in [0.5, 0.6) is 0 Å². The lowest BCUT2D eigenvalue weighted by atomic mass is 10.0. The number of hydrazine groups is 1. The Morgan fingerprint density at radius 2 is 1.76 bits per heavy atom. The maximum atomic E-state index is 5.49. The molecule has 0 aliphatic heterocycles. The van der Waals surface area contributed by atoms with E-state index in [2.05, 4.69) is 53.6 Å². The van der Waals surface area contributed by atoms with Crippen molar-refractivity contribution in [3.05, 3.63) is 47.8 Å². The molecule has 4 N–H and O–H groups in total. The van der Waals surface area contributed by atoms with Crippen LogP contribution in [-0.2, 0) is 0 Å². The molecule has 5 nitrogen and oxygen atoms in total. The fourth-order valence-electron chi connectivity index (χ4n) is 2.16. The lowest BCUT2D eigenvalue weighted by molar-refractivity contribution is 0.731. The van der Waals surface area contributed by atoms with E-state index < -0.39 is 0 Å². The van der Waals surface area contributed by atoms with E-state index >= 15 is 0 Å². The van der Waals surface area contributed by atoms with Gasteiger partial charge in [0.25, 0.3) is 0 Å². The van der Waals surface area contributed by atoms with Crippen molar-refractivity contribution in [2.45, 2.75) is 39.2 Å². The average molecular weight is 285 g/mol. The standard InChI is InChI=1S/C16H23N5/c1-4-13(12-8-6-5-7-9-12)18-14-10-15(21-17)20-16(19-14)11(2)3/h5-11,13H,4,17H2,1-3H3,(H2,18,19,20,21). The third-order valence-corrected chi connectivity index (χ3v) is 3.34. The van der Waals surface area contributed by atoms with E-state index in [1.54, 1.807) is 0 Å². The first-order valence-corrected chi connectivity index (χ1v) is 7.31. The number of anilines is 2. The average Bonchev–Trinajstić information content (AvgIpc) is 2.53. The molecule has 0 fully saturated rings. The van der Waals surface area contributed by atoms with E-state index in [1.165, 1.54) is 5.56 Å². The molecule has 1 aromatic heterocycles. The summed E-state index contributed by atoms with van der Waals surface area (Å²) in [5.41, 5.74) is 3.85. The number of nitrogens with two attached hydrogens (primary N) is 1. The lowest BCUT2D eigenvalue weighted by Gasteiger charge is -2.19. The number of rotatable bonds is 6. The third-order valence-electron chi connectivity index (χ3n) is 3.34. The van der Waals surface area contributed by atoms with Gasteiger partial charge in [0.15, 0.2) is 0 Å². The van der Waals surface area contributed by atoms with E-state index in [1.807, 2.05) is 24.3 Å². The first-order valence-electron chi connectivity index (χ1n) is 7.31. The maximum Gasteiger partial charge on any atom is 0.145 e. The molecule has 5 heteroatoms. The maximum absolute atomic E-state index is 5.49. The van der Waals surface area contributed by atoms with Crippen LogP contribution in [-0.4, -0.2) is 9.97 Å². The summed E-state index contributed by atoms with van der Waals surface area (Å²) in [7, 11) is 0. The van der Waals surface area contributed by atoms with Gasteiger partial charge in [0.05, 0.1) is 6.04 Å². The van der Waals surface area contributed by atoms with E-state index in [0.717, 1.165) is 18.1 Å². The van der Waals surface area contributed by atoms with Crippen molar-refractivity contribution in [2.24, 2.45) is 5.84 Å². The van der Waals surface area contributed by atoms with Crippen LogP contribution in [0, 0.1) is 0 Å². The number of nitrogens with zero attached hydrogens (tertiary/aromatic N) is 2. The van der Waals surface area contributed by atoms with Crippen LogP contribution in [0.1, 0.15) is 50.5 Å². The summed E-state index contributed by atoms with van der Waals surface area (Å²) >= 11 is 0. The second kappa shape index (κ2) is 7.04. The smallest absolute Gasteiger partial charge is 0.145 e.